The maximum absolute atomic E-state index is 5.87. The van der Waals surface area contributed by atoms with E-state index in [1.54, 1.807) is 0 Å². The standard InChI is InChI=1S/C16H26ClN/c1-4-5-6-11-16(2,3)13-18-12-14-7-9-15(17)10-8-14/h7-10,18H,4-6,11-13H2,1-3H3. The van der Waals surface area contributed by atoms with Crippen molar-refractivity contribution in [3.63, 3.8) is 0 Å². The smallest absolute Gasteiger partial charge is 0.0406 e. The molecule has 0 spiro atoms. The van der Waals surface area contributed by atoms with Gasteiger partial charge in [-0.05, 0) is 29.5 Å². The second-order valence-electron chi connectivity index (χ2n) is 5.85. The van der Waals surface area contributed by atoms with Crippen molar-refractivity contribution in [1.82, 2.24) is 5.32 Å². The Bertz CT molecular complexity index is 329. The summed E-state index contributed by atoms with van der Waals surface area (Å²) < 4.78 is 0. The van der Waals surface area contributed by atoms with Crippen LogP contribution in [0.25, 0.3) is 0 Å². The van der Waals surface area contributed by atoms with E-state index in [0.29, 0.717) is 5.41 Å². The molecule has 0 heterocycles. The van der Waals surface area contributed by atoms with Gasteiger partial charge >= 0.3 is 0 Å². The van der Waals surface area contributed by atoms with Crippen LogP contribution in [0.5, 0.6) is 0 Å². The second kappa shape index (κ2) is 7.81. The number of halogens is 1. The van der Waals surface area contributed by atoms with Gasteiger partial charge in [0.1, 0.15) is 0 Å². The van der Waals surface area contributed by atoms with Gasteiger partial charge in [0.05, 0.1) is 0 Å². The predicted molar refractivity (Wildman–Crippen MR) is 81.1 cm³/mol. The minimum absolute atomic E-state index is 0.390. The molecule has 0 bridgehead atoms. The first-order valence-electron chi connectivity index (χ1n) is 6.99. The maximum Gasteiger partial charge on any atom is 0.0406 e. The van der Waals surface area contributed by atoms with Crippen LogP contribution < -0.4 is 5.32 Å². The summed E-state index contributed by atoms with van der Waals surface area (Å²) in [5.74, 6) is 0. The molecule has 0 saturated carbocycles. The van der Waals surface area contributed by atoms with Crippen LogP contribution in [0.3, 0.4) is 0 Å². The average molecular weight is 268 g/mol. The van der Waals surface area contributed by atoms with Gasteiger partial charge in [-0.3, -0.25) is 0 Å². The van der Waals surface area contributed by atoms with Crippen molar-refractivity contribution in [2.24, 2.45) is 5.41 Å². The summed E-state index contributed by atoms with van der Waals surface area (Å²) in [4.78, 5) is 0. The van der Waals surface area contributed by atoms with Crippen LogP contribution in [0.2, 0.25) is 5.02 Å². The minimum atomic E-state index is 0.390. The monoisotopic (exact) mass is 267 g/mol. The van der Waals surface area contributed by atoms with Crippen molar-refractivity contribution in [3.05, 3.63) is 34.9 Å². The molecule has 0 atom stereocenters. The summed E-state index contributed by atoms with van der Waals surface area (Å²) in [6, 6.07) is 8.06. The van der Waals surface area contributed by atoms with Crippen LogP contribution in [0.1, 0.15) is 52.0 Å². The number of rotatable bonds is 8. The maximum atomic E-state index is 5.87. The zero-order valence-corrected chi connectivity index (χ0v) is 12.7. The van der Waals surface area contributed by atoms with Gasteiger partial charge in [0.25, 0.3) is 0 Å². The lowest BCUT2D eigenvalue weighted by Gasteiger charge is -2.25. The molecule has 0 aromatic heterocycles. The Kier molecular flexibility index (Phi) is 6.73. The van der Waals surface area contributed by atoms with E-state index in [4.69, 9.17) is 11.6 Å². The molecular formula is C16H26ClN. The van der Waals surface area contributed by atoms with Crippen LogP contribution >= 0.6 is 11.6 Å². The summed E-state index contributed by atoms with van der Waals surface area (Å²) in [6.45, 7) is 8.94. The lowest BCUT2D eigenvalue weighted by atomic mass is 9.87. The van der Waals surface area contributed by atoms with E-state index in [-0.39, 0.29) is 0 Å². The van der Waals surface area contributed by atoms with E-state index in [1.807, 2.05) is 12.1 Å². The van der Waals surface area contributed by atoms with E-state index in [1.165, 1.54) is 31.2 Å². The molecule has 0 aliphatic carbocycles. The zero-order chi connectivity index (χ0) is 13.4. The van der Waals surface area contributed by atoms with Crippen LogP contribution in [0, 0.1) is 5.41 Å². The zero-order valence-electron chi connectivity index (χ0n) is 11.9. The molecule has 0 aliphatic heterocycles. The fourth-order valence-electron chi connectivity index (χ4n) is 2.09. The molecule has 18 heavy (non-hydrogen) atoms. The van der Waals surface area contributed by atoms with Crippen LogP contribution in [-0.4, -0.2) is 6.54 Å². The lowest BCUT2D eigenvalue weighted by molar-refractivity contribution is 0.302. The SMILES string of the molecule is CCCCCC(C)(C)CNCc1ccc(Cl)cc1. The molecule has 0 unspecified atom stereocenters. The van der Waals surface area contributed by atoms with Crippen LogP contribution in [0.4, 0.5) is 0 Å². The first-order valence-corrected chi connectivity index (χ1v) is 7.36. The van der Waals surface area contributed by atoms with Gasteiger partial charge in [-0.15, -0.1) is 0 Å². The number of nitrogens with one attached hydrogen (secondary N) is 1. The molecule has 0 amide bonds. The minimum Gasteiger partial charge on any atom is -0.312 e. The van der Waals surface area contributed by atoms with Gasteiger partial charge < -0.3 is 5.32 Å². The molecule has 1 nitrogen and oxygen atoms in total. The number of benzene rings is 1. The van der Waals surface area contributed by atoms with Gasteiger partial charge in [0.2, 0.25) is 0 Å². The molecule has 0 saturated heterocycles. The number of hydrogen-bond donors (Lipinski definition) is 1. The van der Waals surface area contributed by atoms with Gasteiger partial charge in [-0.1, -0.05) is 63.8 Å². The molecule has 0 aliphatic rings. The Morgan fingerprint density at radius 3 is 2.39 bits per heavy atom. The summed E-state index contributed by atoms with van der Waals surface area (Å²) in [5, 5.41) is 4.35. The summed E-state index contributed by atoms with van der Waals surface area (Å²) in [5.41, 5.74) is 1.69. The summed E-state index contributed by atoms with van der Waals surface area (Å²) in [6.07, 6.45) is 5.29. The average Bonchev–Trinajstić information content (AvgIpc) is 2.32. The molecule has 1 N–H and O–H groups in total. The largest absolute Gasteiger partial charge is 0.312 e. The van der Waals surface area contributed by atoms with E-state index in [9.17, 15) is 0 Å². The Morgan fingerprint density at radius 2 is 1.78 bits per heavy atom. The highest BCUT2D eigenvalue weighted by Gasteiger charge is 2.16. The van der Waals surface area contributed by atoms with Crippen molar-refractivity contribution in [1.29, 1.82) is 0 Å². The van der Waals surface area contributed by atoms with E-state index in [0.717, 1.165) is 18.1 Å². The van der Waals surface area contributed by atoms with E-state index >= 15 is 0 Å². The van der Waals surface area contributed by atoms with E-state index < -0.39 is 0 Å². The molecule has 1 aromatic carbocycles. The van der Waals surface area contributed by atoms with Gasteiger partial charge in [-0.2, -0.15) is 0 Å². The molecule has 0 fully saturated rings. The molecule has 0 radical (unpaired) electrons. The molecule has 1 aromatic rings. The summed E-state index contributed by atoms with van der Waals surface area (Å²) >= 11 is 5.87. The Hall–Kier alpha value is -0.530. The van der Waals surface area contributed by atoms with Crippen molar-refractivity contribution in [2.75, 3.05) is 6.54 Å². The van der Waals surface area contributed by atoms with Gasteiger partial charge in [0, 0.05) is 18.1 Å². The third kappa shape index (κ3) is 6.42. The fraction of sp³-hybridized carbons (Fsp3) is 0.625. The van der Waals surface area contributed by atoms with Crippen molar-refractivity contribution in [3.8, 4) is 0 Å². The number of unbranched alkanes of at least 4 members (excludes halogenated alkanes) is 2. The Morgan fingerprint density at radius 1 is 1.11 bits per heavy atom. The highest BCUT2D eigenvalue weighted by Crippen LogP contribution is 2.22. The second-order valence-corrected chi connectivity index (χ2v) is 6.29. The van der Waals surface area contributed by atoms with Gasteiger partial charge in [-0.25, -0.2) is 0 Å². The Labute approximate surface area is 117 Å². The van der Waals surface area contributed by atoms with Crippen LogP contribution in [0.15, 0.2) is 24.3 Å². The van der Waals surface area contributed by atoms with Crippen molar-refractivity contribution < 1.29 is 0 Å². The first kappa shape index (κ1) is 15.5. The third-order valence-corrected chi connectivity index (χ3v) is 3.56. The lowest BCUT2D eigenvalue weighted by Crippen LogP contribution is -2.29. The topological polar surface area (TPSA) is 12.0 Å². The summed E-state index contributed by atoms with van der Waals surface area (Å²) in [7, 11) is 0. The van der Waals surface area contributed by atoms with E-state index in [2.05, 4.69) is 38.2 Å². The quantitative estimate of drug-likeness (QED) is 0.651. The van der Waals surface area contributed by atoms with Crippen molar-refractivity contribution >= 4 is 11.6 Å². The normalized spacial score (nSPS) is 11.8. The Balaban J connectivity index is 2.25. The predicted octanol–water partition coefficient (Wildman–Crippen LogP) is 5.04. The highest BCUT2D eigenvalue weighted by molar-refractivity contribution is 6.30. The van der Waals surface area contributed by atoms with Crippen LogP contribution in [-0.2, 0) is 6.54 Å². The molecule has 102 valence electrons. The molecule has 1 rings (SSSR count). The van der Waals surface area contributed by atoms with Gasteiger partial charge in [0.15, 0.2) is 0 Å². The number of hydrogen-bond acceptors (Lipinski definition) is 1. The molecule has 2 heteroatoms. The molecular weight excluding hydrogens is 242 g/mol. The van der Waals surface area contributed by atoms with Crippen molar-refractivity contribution in [2.45, 2.75) is 53.0 Å². The third-order valence-electron chi connectivity index (χ3n) is 3.30. The fourth-order valence-corrected chi connectivity index (χ4v) is 2.22. The first-order chi connectivity index (χ1) is 8.53. The highest BCUT2D eigenvalue weighted by atomic mass is 35.5.